The predicted octanol–water partition coefficient (Wildman–Crippen LogP) is 2.26. The average molecular weight is 184 g/mol. The fourth-order valence-electron chi connectivity index (χ4n) is 1.38. The first-order chi connectivity index (χ1) is 6.95. The van der Waals surface area contributed by atoms with Crippen LogP contribution >= 0.6 is 0 Å². The van der Waals surface area contributed by atoms with Crippen molar-refractivity contribution in [2.75, 3.05) is 0 Å². The molecule has 0 N–H and O–H groups in total. The summed E-state index contributed by atoms with van der Waals surface area (Å²) in [6.07, 6.45) is 9.47. The van der Waals surface area contributed by atoms with E-state index in [2.05, 4.69) is 28.2 Å². The van der Waals surface area contributed by atoms with Gasteiger partial charge >= 0.3 is 0 Å². The summed E-state index contributed by atoms with van der Waals surface area (Å²) in [5.74, 6) is 0. The van der Waals surface area contributed by atoms with Gasteiger partial charge in [-0.25, -0.2) is 0 Å². The lowest BCUT2D eigenvalue weighted by atomic mass is 10.1. The molecule has 0 fully saturated rings. The molecule has 2 nitrogen and oxygen atoms in total. The van der Waals surface area contributed by atoms with Crippen LogP contribution in [0.1, 0.15) is 11.1 Å². The summed E-state index contributed by atoms with van der Waals surface area (Å²) in [5, 5.41) is 0. The molecule has 2 aromatic rings. The van der Waals surface area contributed by atoms with Crippen LogP contribution in [0.2, 0.25) is 0 Å². The molecular formula is C12H12N2. The monoisotopic (exact) mass is 184 g/mol. The lowest BCUT2D eigenvalue weighted by molar-refractivity contribution is 0.946. The maximum atomic E-state index is 4.08. The number of nitrogens with zero attached hydrogens (tertiary/aromatic N) is 2. The molecule has 0 spiro atoms. The van der Waals surface area contributed by atoms with E-state index >= 15 is 0 Å². The second kappa shape index (κ2) is 4.51. The molecular weight excluding hydrogens is 172 g/mol. The van der Waals surface area contributed by atoms with Crippen LogP contribution in [0, 0.1) is 0 Å². The van der Waals surface area contributed by atoms with Gasteiger partial charge in [0.1, 0.15) is 0 Å². The van der Waals surface area contributed by atoms with Crippen molar-refractivity contribution in [3.63, 3.8) is 0 Å². The van der Waals surface area contributed by atoms with Crippen LogP contribution in [0.15, 0.2) is 49.1 Å². The van der Waals surface area contributed by atoms with Crippen molar-refractivity contribution in [3.05, 3.63) is 60.2 Å². The van der Waals surface area contributed by atoms with Crippen molar-refractivity contribution in [1.29, 1.82) is 0 Å². The molecule has 0 saturated carbocycles. The summed E-state index contributed by atoms with van der Waals surface area (Å²) in [6, 6.07) is 8.18. The lowest BCUT2D eigenvalue weighted by Crippen LogP contribution is -1.91. The minimum Gasteiger partial charge on any atom is -0.265 e. The minimum atomic E-state index is 1.04. The third kappa shape index (κ3) is 2.39. The summed E-state index contributed by atoms with van der Waals surface area (Å²) in [6.45, 7) is 0. The van der Waals surface area contributed by atoms with Gasteiger partial charge < -0.3 is 0 Å². The molecule has 0 aliphatic carbocycles. The molecule has 0 amide bonds. The molecule has 2 aromatic heterocycles. The van der Waals surface area contributed by atoms with Gasteiger partial charge in [-0.15, -0.1) is 0 Å². The smallest absolute Gasteiger partial charge is 0.0299 e. The maximum absolute atomic E-state index is 4.08. The Labute approximate surface area is 83.7 Å². The molecule has 0 saturated heterocycles. The van der Waals surface area contributed by atoms with E-state index in [0.717, 1.165) is 12.8 Å². The summed E-state index contributed by atoms with van der Waals surface area (Å²) >= 11 is 0. The Bertz CT molecular complexity index is 331. The third-order valence-corrected chi connectivity index (χ3v) is 2.17. The number of hydrogen-bond acceptors (Lipinski definition) is 2. The van der Waals surface area contributed by atoms with Crippen LogP contribution in [-0.2, 0) is 12.8 Å². The molecule has 0 aromatic carbocycles. The first kappa shape index (κ1) is 8.88. The van der Waals surface area contributed by atoms with Gasteiger partial charge in [0.2, 0.25) is 0 Å². The van der Waals surface area contributed by atoms with Crippen molar-refractivity contribution in [3.8, 4) is 0 Å². The van der Waals surface area contributed by atoms with Gasteiger partial charge in [0.05, 0.1) is 0 Å². The van der Waals surface area contributed by atoms with Crippen molar-refractivity contribution in [2.45, 2.75) is 12.8 Å². The number of aromatic nitrogens is 2. The van der Waals surface area contributed by atoms with Crippen molar-refractivity contribution in [1.82, 2.24) is 9.97 Å². The Balaban J connectivity index is 1.96. The van der Waals surface area contributed by atoms with E-state index in [1.807, 2.05) is 24.7 Å². The Morgan fingerprint density at radius 1 is 0.786 bits per heavy atom. The number of pyridine rings is 2. The Hall–Kier alpha value is -1.70. The zero-order valence-electron chi connectivity index (χ0n) is 7.93. The second-order valence-corrected chi connectivity index (χ2v) is 3.22. The van der Waals surface area contributed by atoms with Crippen molar-refractivity contribution >= 4 is 0 Å². The third-order valence-electron chi connectivity index (χ3n) is 2.17. The van der Waals surface area contributed by atoms with E-state index in [1.165, 1.54) is 11.1 Å². The molecule has 2 heterocycles. The molecule has 0 aliphatic rings. The van der Waals surface area contributed by atoms with E-state index < -0.39 is 0 Å². The Morgan fingerprint density at radius 3 is 2.29 bits per heavy atom. The fourth-order valence-corrected chi connectivity index (χ4v) is 1.38. The highest BCUT2D eigenvalue weighted by molar-refractivity contribution is 5.15. The molecule has 70 valence electrons. The molecule has 0 radical (unpaired) electrons. The maximum Gasteiger partial charge on any atom is 0.0299 e. The topological polar surface area (TPSA) is 25.8 Å². The van der Waals surface area contributed by atoms with E-state index in [4.69, 9.17) is 0 Å². The van der Waals surface area contributed by atoms with Crippen molar-refractivity contribution in [2.24, 2.45) is 0 Å². The molecule has 0 aliphatic heterocycles. The molecule has 0 bridgehead atoms. The van der Waals surface area contributed by atoms with Crippen LogP contribution in [0.3, 0.4) is 0 Å². The van der Waals surface area contributed by atoms with Gasteiger partial charge in [0, 0.05) is 24.8 Å². The molecule has 0 atom stereocenters. The van der Waals surface area contributed by atoms with Crippen LogP contribution in [0.25, 0.3) is 0 Å². The fraction of sp³-hybridized carbons (Fsp3) is 0.167. The first-order valence-corrected chi connectivity index (χ1v) is 4.73. The zero-order valence-corrected chi connectivity index (χ0v) is 7.93. The highest BCUT2D eigenvalue weighted by Gasteiger charge is 1.94. The average Bonchev–Trinajstić information content (AvgIpc) is 2.29. The lowest BCUT2D eigenvalue weighted by Gasteiger charge is -2.00. The highest BCUT2D eigenvalue weighted by atomic mass is 14.6. The molecule has 2 rings (SSSR count). The van der Waals surface area contributed by atoms with Gasteiger partial charge in [-0.05, 0) is 42.2 Å². The normalized spacial score (nSPS) is 10.0. The van der Waals surface area contributed by atoms with Crippen LogP contribution in [-0.4, -0.2) is 9.97 Å². The zero-order chi connectivity index (χ0) is 9.64. The second-order valence-electron chi connectivity index (χ2n) is 3.22. The van der Waals surface area contributed by atoms with Gasteiger partial charge in [0.25, 0.3) is 0 Å². The quantitative estimate of drug-likeness (QED) is 0.731. The van der Waals surface area contributed by atoms with Crippen LogP contribution in [0.4, 0.5) is 0 Å². The van der Waals surface area contributed by atoms with Crippen LogP contribution in [0.5, 0.6) is 0 Å². The largest absolute Gasteiger partial charge is 0.265 e. The summed E-state index contributed by atoms with van der Waals surface area (Å²) < 4.78 is 0. The molecule has 0 unspecified atom stereocenters. The van der Waals surface area contributed by atoms with Crippen molar-refractivity contribution < 1.29 is 0 Å². The van der Waals surface area contributed by atoms with Gasteiger partial charge in [-0.3, -0.25) is 9.97 Å². The summed E-state index contributed by atoms with van der Waals surface area (Å²) in [7, 11) is 0. The number of hydrogen-bond donors (Lipinski definition) is 0. The minimum absolute atomic E-state index is 1.04. The summed E-state index contributed by atoms with van der Waals surface area (Å²) in [4.78, 5) is 8.07. The first-order valence-electron chi connectivity index (χ1n) is 4.73. The van der Waals surface area contributed by atoms with E-state index in [9.17, 15) is 0 Å². The van der Waals surface area contributed by atoms with E-state index in [-0.39, 0.29) is 0 Å². The Morgan fingerprint density at radius 2 is 1.57 bits per heavy atom. The molecule has 14 heavy (non-hydrogen) atoms. The van der Waals surface area contributed by atoms with Gasteiger partial charge in [-0.2, -0.15) is 0 Å². The number of aryl methyl sites for hydroxylation is 2. The van der Waals surface area contributed by atoms with Gasteiger partial charge in [0.15, 0.2) is 0 Å². The summed E-state index contributed by atoms with van der Waals surface area (Å²) in [5.41, 5.74) is 2.60. The van der Waals surface area contributed by atoms with Gasteiger partial charge in [-0.1, -0.05) is 6.07 Å². The predicted molar refractivity (Wildman–Crippen MR) is 55.9 cm³/mol. The van der Waals surface area contributed by atoms with Crippen LogP contribution < -0.4 is 0 Å². The molecule has 2 heteroatoms. The number of rotatable bonds is 3. The highest BCUT2D eigenvalue weighted by Crippen LogP contribution is 2.04. The Kier molecular flexibility index (Phi) is 2.86. The SMILES string of the molecule is c1cncc(CCc2ccncc2)c1. The van der Waals surface area contributed by atoms with E-state index in [1.54, 1.807) is 6.20 Å². The standard InChI is InChI=1S/C12H12N2/c1-2-12(10-14-7-1)4-3-11-5-8-13-9-6-11/h1-2,5-10H,3-4H2. The van der Waals surface area contributed by atoms with E-state index in [0.29, 0.717) is 0 Å².